The summed E-state index contributed by atoms with van der Waals surface area (Å²) in [5.41, 5.74) is 2.80. The van der Waals surface area contributed by atoms with E-state index in [2.05, 4.69) is 0 Å². The predicted molar refractivity (Wildman–Crippen MR) is 51.8 cm³/mol. The molecule has 1 aromatic carbocycles. The molecule has 74 valence electrons. The quantitative estimate of drug-likeness (QED) is 0.507. The third kappa shape index (κ3) is 1.14. The van der Waals surface area contributed by atoms with Crippen LogP contribution in [-0.2, 0) is 6.42 Å². The molecule has 0 fully saturated rings. The van der Waals surface area contributed by atoms with Crippen molar-refractivity contribution >= 4 is 5.69 Å². The SMILES string of the molecule is Cc1cc([N+](=O)[O-])c(C)c2c1OCC2. The molecule has 0 aliphatic carbocycles. The van der Waals surface area contributed by atoms with Crippen molar-refractivity contribution < 1.29 is 9.66 Å². The van der Waals surface area contributed by atoms with Gasteiger partial charge in [-0.2, -0.15) is 0 Å². The average molecular weight is 193 g/mol. The molecule has 0 radical (unpaired) electrons. The van der Waals surface area contributed by atoms with Crippen LogP contribution in [0.1, 0.15) is 16.7 Å². The van der Waals surface area contributed by atoms with Crippen molar-refractivity contribution in [3.05, 3.63) is 32.9 Å². The van der Waals surface area contributed by atoms with Gasteiger partial charge in [0.05, 0.1) is 11.5 Å². The van der Waals surface area contributed by atoms with Crippen LogP contribution in [0.5, 0.6) is 5.75 Å². The van der Waals surface area contributed by atoms with E-state index in [0.717, 1.165) is 28.9 Å². The zero-order chi connectivity index (χ0) is 10.3. The fourth-order valence-electron chi connectivity index (χ4n) is 1.89. The summed E-state index contributed by atoms with van der Waals surface area (Å²) in [5, 5.41) is 10.7. The topological polar surface area (TPSA) is 52.4 Å². The van der Waals surface area contributed by atoms with Crippen molar-refractivity contribution in [2.45, 2.75) is 20.3 Å². The zero-order valence-electron chi connectivity index (χ0n) is 8.16. The van der Waals surface area contributed by atoms with Crippen LogP contribution in [-0.4, -0.2) is 11.5 Å². The second-order valence-corrected chi connectivity index (χ2v) is 3.50. The standard InChI is InChI=1S/C10H11NO3/c1-6-5-9(11(12)13)7(2)8-3-4-14-10(6)8/h5H,3-4H2,1-2H3. The number of nitro benzene ring substituents is 1. The summed E-state index contributed by atoms with van der Waals surface area (Å²) in [6, 6.07) is 1.58. The Labute approximate surface area is 81.7 Å². The lowest BCUT2D eigenvalue weighted by atomic mass is 10.0. The number of aryl methyl sites for hydroxylation is 1. The molecule has 2 rings (SSSR count). The maximum atomic E-state index is 10.7. The van der Waals surface area contributed by atoms with Crippen LogP contribution < -0.4 is 4.74 Å². The molecule has 0 bridgehead atoms. The van der Waals surface area contributed by atoms with Gasteiger partial charge in [0, 0.05) is 23.6 Å². The fourth-order valence-corrected chi connectivity index (χ4v) is 1.89. The van der Waals surface area contributed by atoms with Crippen LogP contribution in [0.3, 0.4) is 0 Å². The molecule has 1 aliphatic heterocycles. The van der Waals surface area contributed by atoms with Gasteiger partial charge in [-0.05, 0) is 19.4 Å². The van der Waals surface area contributed by atoms with Gasteiger partial charge in [0.2, 0.25) is 0 Å². The minimum absolute atomic E-state index is 0.201. The van der Waals surface area contributed by atoms with Crippen LogP contribution >= 0.6 is 0 Å². The minimum atomic E-state index is -0.332. The van der Waals surface area contributed by atoms with Gasteiger partial charge in [0.1, 0.15) is 5.75 Å². The summed E-state index contributed by atoms with van der Waals surface area (Å²) in [6.07, 6.45) is 0.781. The molecular formula is C10H11NO3. The van der Waals surface area contributed by atoms with Crippen molar-refractivity contribution in [2.24, 2.45) is 0 Å². The Hall–Kier alpha value is -1.58. The van der Waals surface area contributed by atoms with E-state index in [1.165, 1.54) is 0 Å². The van der Waals surface area contributed by atoms with Crippen LogP contribution in [0.2, 0.25) is 0 Å². The van der Waals surface area contributed by atoms with Crippen molar-refractivity contribution in [1.29, 1.82) is 0 Å². The number of benzene rings is 1. The van der Waals surface area contributed by atoms with Gasteiger partial charge in [0.15, 0.2) is 0 Å². The van der Waals surface area contributed by atoms with E-state index in [-0.39, 0.29) is 10.6 Å². The van der Waals surface area contributed by atoms with Gasteiger partial charge in [-0.3, -0.25) is 10.1 Å². The van der Waals surface area contributed by atoms with Crippen LogP contribution in [0.15, 0.2) is 6.07 Å². The minimum Gasteiger partial charge on any atom is -0.493 e. The van der Waals surface area contributed by atoms with E-state index in [4.69, 9.17) is 4.74 Å². The molecule has 0 aromatic heterocycles. The summed E-state index contributed by atoms with van der Waals surface area (Å²) in [6.45, 7) is 4.26. The Morgan fingerprint density at radius 1 is 1.50 bits per heavy atom. The summed E-state index contributed by atoms with van der Waals surface area (Å²) >= 11 is 0. The van der Waals surface area contributed by atoms with Crippen LogP contribution in [0.4, 0.5) is 5.69 Å². The molecule has 0 N–H and O–H groups in total. The summed E-state index contributed by atoms with van der Waals surface area (Å²) < 4.78 is 5.42. The molecule has 0 unspecified atom stereocenters. The second kappa shape index (κ2) is 2.97. The highest BCUT2D eigenvalue weighted by Gasteiger charge is 2.24. The second-order valence-electron chi connectivity index (χ2n) is 3.50. The average Bonchev–Trinajstić information content (AvgIpc) is 2.59. The van der Waals surface area contributed by atoms with Crippen molar-refractivity contribution in [3.63, 3.8) is 0 Å². The molecule has 4 heteroatoms. The molecule has 0 amide bonds. The van der Waals surface area contributed by atoms with Crippen molar-refractivity contribution in [1.82, 2.24) is 0 Å². The van der Waals surface area contributed by atoms with E-state index in [1.807, 2.05) is 6.92 Å². The van der Waals surface area contributed by atoms with Crippen molar-refractivity contribution in [2.75, 3.05) is 6.61 Å². The Morgan fingerprint density at radius 2 is 2.21 bits per heavy atom. The van der Waals surface area contributed by atoms with E-state index in [0.29, 0.717) is 6.61 Å². The molecule has 14 heavy (non-hydrogen) atoms. The first kappa shape index (κ1) is 8.99. The number of nitro groups is 1. The summed E-state index contributed by atoms with van der Waals surface area (Å²) in [7, 11) is 0. The highest BCUT2D eigenvalue weighted by atomic mass is 16.6. The molecule has 0 saturated heterocycles. The lowest BCUT2D eigenvalue weighted by molar-refractivity contribution is -0.385. The number of rotatable bonds is 1. The molecule has 1 aromatic rings. The Kier molecular flexibility index (Phi) is 1.91. The third-order valence-corrected chi connectivity index (χ3v) is 2.62. The third-order valence-electron chi connectivity index (χ3n) is 2.62. The smallest absolute Gasteiger partial charge is 0.273 e. The lowest BCUT2D eigenvalue weighted by Gasteiger charge is -2.06. The number of nitrogens with zero attached hydrogens (tertiary/aromatic N) is 1. The zero-order valence-corrected chi connectivity index (χ0v) is 8.16. The number of ether oxygens (including phenoxy) is 1. The Bertz CT molecular complexity index is 412. The van der Waals surface area contributed by atoms with Gasteiger partial charge < -0.3 is 4.74 Å². The first-order valence-electron chi connectivity index (χ1n) is 4.51. The maximum Gasteiger partial charge on any atom is 0.273 e. The molecule has 0 atom stereocenters. The molecule has 4 nitrogen and oxygen atoms in total. The first-order valence-corrected chi connectivity index (χ1v) is 4.51. The first-order chi connectivity index (χ1) is 6.61. The summed E-state index contributed by atoms with van der Waals surface area (Å²) in [4.78, 5) is 10.4. The van der Waals surface area contributed by atoms with Crippen molar-refractivity contribution in [3.8, 4) is 5.75 Å². The van der Waals surface area contributed by atoms with Crippen LogP contribution in [0, 0.1) is 24.0 Å². The van der Waals surface area contributed by atoms with E-state index >= 15 is 0 Å². The molecule has 0 saturated carbocycles. The molecule has 0 spiro atoms. The normalized spacial score (nSPS) is 13.6. The lowest BCUT2D eigenvalue weighted by Crippen LogP contribution is -1.96. The predicted octanol–water partition coefficient (Wildman–Crippen LogP) is 2.15. The van der Waals surface area contributed by atoms with E-state index < -0.39 is 0 Å². The monoisotopic (exact) mass is 193 g/mol. The highest BCUT2D eigenvalue weighted by molar-refractivity contribution is 5.57. The van der Waals surface area contributed by atoms with Gasteiger partial charge in [-0.25, -0.2) is 0 Å². The fraction of sp³-hybridized carbons (Fsp3) is 0.400. The van der Waals surface area contributed by atoms with Gasteiger partial charge in [-0.15, -0.1) is 0 Å². The molecular weight excluding hydrogens is 182 g/mol. The van der Waals surface area contributed by atoms with Gasteiger partial charge in [-0.1, -0.05) is 0 Å². The Balaban J connectivity index is 2.68. The largest absolute Gasteiger partial charge is 0.493 e. The summed E-state index contributed by atoms with van der Waals surface area (Å²) in [5.74, 6) is 0.841. The van der Waals surface area contributed by atoms with E-state index in [1.54, 1.807) is 13.0 Å². The van der Waals surface area contributed by atoms with Gasteiger partial charge in [0.25, 0.3) is 5.69 Å². The van der Waals surface area contributed by atoms with Crippen LogP contribution in [0.25, 0.3) is 0 Å². The van der Waals surface area contributed by atoms with E-state index in [9.17, 15) is 10.1 Å². The number of hydrogen-bond acceptors (Lipinski definition) is 3. The molecule has 1 aliphatic rings. The number of hydrogen-bond donors (Lipinski definition) is 0. The highest BCUT2D eigenvalue weighted by Crippen LogP contribution is 2.36. The van der Waals surface area contributed by atoms with Gasteiger partial charge >= 0.3 is 0 Å². The number of fused-ring (bicyclic) bond motifs is 1. The Morgan fingerprint density at radius 3 is 2.86 bits per heavy atom. The molecule has 1 heterocycles. The maximum absolute atomic E-state index is 10.7.